The minimum Gasteiger partial charge on any atom is -0.544 e. The van der Waals surface area contributed by atoms with E-state index in [1.54, 1.807) is 0 Å². The maximum Gasteiger partial charge on any atom is 0.142 e. The fraction of sp³-hybridized carbons (Fsp3) is 0.727. The van der Waals surface area contributed by atoms with Crippen molar-refractivity contribution in [2.24, 2.45) is 0 Å². The van der Waals surface area contributed by atoms with Gasteiger partial charge in [0.15, 0.2) is 0 Å². The van der Waals surface area contributed by atoms with Crippen molar-refractivity contribution >= 4 is 5.97 Å². The van der Waals surface area contributed by atoms with E-state index in [0.29, 0.717) is 17.3 Å². The predicted molar refractivity (Wildman–Crippen MR) is 55.5 cm³/mol. The van der Waals surface area contributed by atoms with Gasteiger partial charge in [0.1, 0.15) is 11.5 Å². The van der Waals surface area contributed by atoms with Crippen molar-refractivity contribution in [1.82, 2.24) is 0 Å². The number of hydrogen-bond acceptors (Lipinski definition) is 2. The zero-order chi connectivity index (χ0) is 11.6. The van der Waals surface area contributed by atoms with E-state index < -0.39 is 11.5 Å². The Hall–Kier alpha value is -0.830. The molecular formula is C11H21NO2. The van der Waals surface area contributed by atoms with E-state index in [0.717, 1.165) is 5.57 Å². The van der Waals surface area contributed by atoms with Crippen molar-refractivity contribution in [3.8, 4) is 0 Å². The zero-order valence-electron chi connectivity index (χ0n) is 9.89. The van der Waals surface area contributed by atoms with Gasteiger partial charge in [0, 0.05) is 12.8 Å². The van der Waals surface area contributed by atoms with Gasteiger partial charge in [-0.05, 0) is 6.92 Å². The molecule has 14 heavy (non-hydrogen) atoms. The number of aliphatic carboxylic acids is 1. The van der Waals surface area contributed by atoms with E-state index in [2.05, 4.69) is 6.58 Å². The summed E-state index contributed by atoms with van der Waals surface area (Å²) in [6.07, 6.45) is 1.01. The smallest absolute Gasteiger partial charge is 0.142 e. The molecule has 0 aliphatic rings. The van der Waals surface area contributed by atoms with Gasteiger partial charge in [-0.3, -0.25) is 0 Å². The van der Waals surface area contributed by atoms with Crippen LogP contribution in [0.3, 0.4) is 0 Å². The first-order chi connectivity index (χ1) is 6.17. The maximum absolute atomic E-state index is 11.3. The molecule has 0 radical (unpaired) electrons. The highest BCUT2D eigenvalue weighted by atomic mass is 16.4. The van der Waals surface area contributed by atoms with Gasteiger partial charge in [0.25, 0.3) is 0 Å². The SMILES string of the molecule is C=C(C)CC(CC)(C(=O)[O-])[N+](C)(C)C. The van der Waals surface area contributed by atoms with Crippen LogP contribution in [0.25, 0.3) is 0 Å². The number of nitrogens with zero attached hydrogens (tertiary/aromatic N) is 1. The third-order valence-electron chi connectivity index (χ3n) is 2.84. The molecule has 1 unspecified atom stereocenters. The van der Waals surface area contributed by atoms with Crippen LogP contribution in [0.15, 0.2) is 12.2 Å². The van der Waals surface area contributed by atoms with E-state index in [1.165, 1.54) is 0 Å². The van der Waals surface area contributed by atoms with Crippen LogP contribution in [0.1, 0.15) is 26.7 Å². The summed E-state index contributed by atoms with van der Waals surface area (Å²) in [6, 6.07) is 0. The second-order valence-electron chi connectivity index (χ2n) is 4.82. The fourth-order valence-electron chi connectivity index (χ4n) is 1.83. The highest BCUT2D eigenvalue weighted by Crippen LogP contribution is 2.29. The second-order valence-corrected chi connectivity index (χ2v) is 4.82. The molecule has 0 aromatic rings. The molecule has 1 atom stereocenters. The average molecular weight is 199 g/mol. The lowest BCUT2D eigenvalue weighted by Crippen LogP contribution is -2.65. The lowest BCUT2D eigenvalue weighted by molar-refractivity contribution is -0.916. The molecule has 0 spiro atoms. The van der Waals surface area contributed by atoms with Gasteiger partial charge in [-0.25, -0.2) is 0 Å². The van der Waals surface area contributed by atoms with Crippen LogP contribution in [0.4, 0.5) is 0 Å². The van der Waals surface area contributed by atoms with Crippen LogP contribution in [-0.2, 0) is 4.79 Å². The van der Waals surface area contributed by atoms with Gasteiger partial charge in [-0.1, -0.05) is 19.1 Å². The first-order valence-corrected chi connectivity index (χ1v) is 4.84. The second kappa shape index (κ2) is 4.13. The fourth-order valence-corrected chi connectivity index (χ4v) is 1.83. The third kappa shape index (κ3) is 2.35. The van der Waals surface area contributed by atoms with Crippen LogP contribution in [0.5, 0.6) is 0 Å². The minimum atomic E-state index is -0.990. The summed E-state index contributed by atoms with van der Waals surface area (Å²) in [4.78, 5) is 11.3. The highest BCUT2D eigenvalue weighted by Gasteiger charge is 2.42. The van der Waals surface area contributed by atoms with Crippen molar-refractivity contribution in [3.63, 3.8) is 0 Å². The normalized spacial score (nSPS) is 16.1. The molecule has 0 N–H and O–H groups in total. The molecule has 0 amide bonds. The van der Waals surface area contributed by atoms with Gasteiger partial charge in [0.05, 0.1) is 21.1 Å². The number of carboxylic acid groups (broad SMARTS) is 1. The average Bonchev–Trinajstić information content (AvgIpc) is 1.96. The minimum absolute atomic E-state index is 0.360. The van der Waals surface area contributed by atoms with Crippen LogP contribution in [-0.4, -0.2) is 37.1 Å². The van der Waals surface area contributed by atoms with Gasteiger partial charge in [-0.15, -0.1) is 0 Å². The monoisotopic (exact) mass is 199 g/mol. The number of hydrogen-bond donors (Lipinski definition) is 0. The Labute approximate surface area is 86.6 Å². The van der Waals surface area contributed by atoms with Crippen molar-refractivity contribution in [2.75, 3.05) is 21.1 Å². The van der Waals surface area contributed by atoms with Crippen LogP contribution in [0, 0.1) is 0 Å². The molecule has 0 saturated carbocycles. The summed E-state index contributed by atoms with van der Waals surface area (Å²) in [5, 5.41) is 11.3. The molecule has 3 nitrogen and oxygen atoms in total. The van der Waals surface area contributed by atoms with Crippen molar-refractivity contribution in [3.05, 3.63) is 12.2 Å². The van der Waals surface area contributed by atoms with Crippen molar-refractivity contribution in [2.45, 2.75) is 32.2 Å². The van der Waals surface area contributed by atoms with E-state index in [-0.39, 0.29) is 0 Å². The van der Waals surface area contributed by atoms with Gasteiger partial charge >= 0.3 is 0 Å². The van der Waals surface area contributed by atoms with Crippen molar-refractivity contribution in [1.29, 1.82) is 0 Å². The topological polar surface area (TPSA) is 40.1 Å². The molecule has 0 bridgehead atoms. The van der Waals surface area contributed by atoms with Crippen LogP contribution >= 0.6 is 0 Å². The van der Waals surface area contributed by atoms with Crippen LogP contribution in [0.2, 0.25) is 0 Å². The number of quaternary nitrogens is 1. The Morgan fingerprint density at radius 2 is 1.86 bits per heavy atom. The number of carbonyl (C=O) groups is 1. The first kappa shape index (κ1) is 13.2. The summed E-state index contributed by atoms with van der Waals surface area (Å²) in [6.45, 7) is 7.51. The largest absolute Gasteiger partial charge is 0.544 e. The molecule has 0 aromatic heterocycles. The Kier molecular flexibility index (Phi) is 3.89. The van der Waals surface area contributed by atoms with E-state index >= 15 is 0 Å². The molecule has 0 rings (SSSR count). The molecule has 0 aliphatic heterocycles. The van der Waals surface area contributed by atoms with E-state index in [1.807, 2.05) is 35.0 Å². The lowest BCUT2D eigenvalue weighted by Gasteiger charge is -2.46. The molecule has 3 heteroatoms. The van der Waals surface area contributed by atoms with E-state index in [4.69, 9.17) is 0 Å². The number of likely N-dealkylation sites (N-methyl/N-ethyl adjacent to an activating group) is 1. The Morgan fingerprint density at radius 3 is 1.93 bits per heavy atom. The summed E-state index contributed by atoms with van der Waals surface area (Å²) in [5.41, 5.74) is 0.0235. The number of carbonyl (C=O) groups excluding carboxylic acids is 1. The van der Waals surface area contributed by atoms with Gasteiger partial charge in [-0.2, -0.15) is 0 Å². The van der Waals surface area contributed by atoms with E-state index in [9.17, 15) is 9.90 Å². The Bertz CT molecular complexity index is 240. The highest BCUT2D eigenvalue weighted by molar-refractivity contribution is 5.75. The molecule has 0 aromatic carbocycles. The molecule has 0 aliphatic carbocycles. The molecule has 0 heterocycles. The number of rotatable bonds is 5. The number of carboxylic acids is 1. The quantitative estimate of drug-likeness (QED) is 0.479. The molecule has 82 valence electrons. The molecule has 0 fully saturated rings. The van der Waals surface area contributed by atoms with Crippen LogP contribution < -0.4 is 5.11 Å². The Balaban J connectivity index is 5.20. The van der Waals surface area contributed by atoms with Crippen molar-refractivity contribution < 1.29 is 14.4 Å². The summed E-state index contributed by atoms with van der Waals surface area (Å²) < 4.78 is 0.360. The Morgan fingerprint density at radius 1 is 1.43 bits per heavy atom. The summed E-state index contributed by atoms with van der Waals surface area (Å²) in [7, 11) is 5.63. The summed E-state index contributed by atoms with van der Waals surface area (Å²) >= 11 is 0. The van der Waals surface area contributed by atoms with Gasteiger partial charge in [0.2, 0.25) is 0 Å². The summed E-state index contributed by atoms with van der Waals surface area (Å²) in [5.74, 6) is -0.990. The molecular weight excluding hydrogens is 178 g/mol. The maximum atomic E-state index is 11.3. The zero-order valence-corrected chi connectivity index (χ0v) is 9.89. The van der Waals surface area contributed by atoms with Gasteiger partial charge < -0.3 is 14.4 Å². The third-order valence-corrected chi connectivity index (χ3v) is 2.84. The lowest BCUT2D eigenvalue weighted by atomic mass is 9.86. The standard InChI is InChI=1S/C11H21NO2/c1-7-11(10(13)14,8-9(2)3)12(4,5)6/h2,7-8H2,1,3-6H3. The predicted octanol–water partition coefficient (Wildman–Crippen LogP) is 0.557. The molecule has 0 saturated heterocycles. The first-order valence-electron chi connectivity index (χ1n) is 4.84.